The maximum atomic E-state index is 6.77. The standard InChI is InChI=1S/C19H10ClNS2/c20-17-16-12-8-4-5-9-14(12)22-15(16)10-13-18(17)23-19(21-13)11-6-2-1-3-7-11/h1-10H. The van der Waals surface area contributed by atoms with E-state index in [-0.39, 0.29) is 0 Å². The van der Waals surface area contributed by atoms with Gasteiger partial charge < -0.3 is 0 Å². The average Bonchev–Trinajstić information content (AvgIpc) is 3.17. The molecular weight excluding hydrogens is 342 g/mol. The van der Waals surface area contributed by atoms with Crippen molar-refractivity contribution >= 4 is 64.7 Å². The number of nitrogens with zero attached hydrogens (tertiary/aromatic N) is 1. The van der Waals surface area contributed by atoms with E-state index in [4.69, 9.17) is 16.6 Å². The summed E-state index contributed by atoms with van der Waals surface area (Å²) in [5.74, 6) is 0. The third-order valence-electron chi connectivity index (χ3n) is 3.98. The van der Waals surface area contributed by atoms with Crippen LogP contribution in [0.15, 0.2) is 60.7 Å². The number of hydrogen-bond donors (Lipinski definition) is 0. The van der Waals surface area contributed by atoms with Gasteiger partial charge in [-0.25, -0.2) is 4.98 Å². The quantitative estimate of drug-likeness (QED) is 0.317. The van der Waals surface area contributed by atoms with Gasteiger partial charge in [-0.15, -0.1) is 22.7 Å². The van der Waals surface area contributed by atoms with Gasteiger partial charge in [-0.1, -0.05) is 60.1 Å². The summed E-state index contributed by atoms with van der Waals surface area (Å²) in [4.78, 5) is 4.80. The van der Waals surface area contributed by atoms with Gasteiger partial charge in [-0.2, -0.15) is 0 Å². The predicted molar refractivity (Wildman–Crippen MR) is 103 cm³/mol. The Morgan fingerprint density at radius 3 is 2.48 bits per heavy atom. The Morgan fingerprint density at radius 1 is 0.826 bits per heavy atom. The van der Waals surface area contributed by atoms with Crippen LogP contribution in [0.4, 0.5) is 0 Å². The molecule has 0 N–H and O–H groups in total. The smallest absolute Gasteiger partial charge is 0.124 e. The molecule has 110 valence electrons. The Bertz CT molecular complexity index is 1170. The predicted octanol–water partition coefficient (Wildman–Crippen LogP) is 6.98. The summed E-state index contributed by atoms with van der Waals surface area (Å²) in [7, 11) is 0. The van der Waals surface area contributed by atoms with Gasteiger partial charge in [0.2, 0.25) is 0 Å². The highest BCUT2D eigenvalue weighted by molar-refractivity contribution is 7.26. The first-order valence-corrected chi connectivity index (χ1v) is 9.28. The summed E-state index contributed by atoms with van der Waals surface area (Å²) in [6.45, 7) is 0. The maximum Gasteiger partial charge on any atom is 0.124 e. The summed E-state index contributed by atoms with van der Waals surface area (Å²) in [6, 6.07) is 20.9. The topological polar surface area (TPSA) is 12.9 Å². The lowest BCUT2D eigenvalue weighted by Crippen LogP contribution is -1.74. The molecule has 4 heteroatoms. The lowest BCUT2D eigenvalue weighted by molar-refractivity contribution is 1.48. The number of thiophene rings is 1. The zero-order valence-electron chi connectivity index (χ0n) is 11.9. The van der Waals surface area contributed by atoms with Crippen LogP contribution in [-0.2, 0) is 0 Å². The molecule has 0 aliphatic rings. The fraction of sp³-hybridized carbons (Fsp3) is 0. The number of fused-ring (bicyclic) bond motifs is 4. The molecule has 0 aliphatic carbocycles. The van der Waals surface area contributed by atoms with Gasteiger partial charge in [-0.3, -0.25) is 0 Å². The van der Waals surface area contributed by atoms with Crippen molar-refractivity contribution in [1.29, 1.82) is 0 Å². The minimum atomic E-state index is 0.828. The summed E-state index contributed by atoms with van der Waals surface area (Å²) in [5, 5.41) is 4.23. The van der Waals surface area contributed by atoms with E-state index in [1.807, 2.05) is 18.2 Å². The van der Waals surface area contributed by atoms with Crippen LogP contribution in [0.2, 0.25) is 5.02 Å². The van der Waals surface area contributed by atoms with Gasteiger partial charge in [0, 0.05) is 25.7 Å². The van der Waals surface area contributed by atoms with Crippen LogP contribution >= 0.6 is 34.3 Å². The molecule has 0 spiro atoms. The van der Waals surface area contributed by atoms with E-state index in [0.717, 1.165) is 31.2 Å². The molecule has 0 fully saturated rings. The van der Waals surface area contributed by atoms with E-state index < -0.39 is 0 Å². The molecule has 0 bridgehead atoms. The van der Waals surface area contributed by atoms with Crippen molar-refractivity contribution < 1.29 is 0 Å². The molecule has 0 amide bonds. The van der Waals surface area contributed by atoms with Crippen molar-refractivity contribution in [3.8, 4) is 10.6 Å². The third kappa shape index (κ3) is 2.01. The molecule has 5 rings (SSSR count). The van der Waals surface area contributed by atoms with Gasteiger partial charge in [0.1, 0.15) is 5.01 Å². The summed E-state index contributed by atoms with van der Waals surface area (Å²) < 4.78 is 3.54. The molecule has 2 heterocycles. The molecule has 0 aliphatic heterocycles. The second-order valence-electron chi connectivity index (χ2n) is 5.40. The highest BCUT2D eigenvalue weighted by atomic mass is 35.5. The number of benzene rings is 3. The molecular formula is C19H10ClNS2. The molecule has 0 atom stereocenters. The Labute approximate surface area is 145 Å². The van der Waals surface area contributed by atoms with Crippen LogP contribution in [-0.4, -0.2) is 4.98 Å². The minimum absolute atomic E-state index is 0.828. The lowest BCUT2D eigenvalue weighted by Gasteiger charge is -1.96. The van der Waals surface area contributed by atoms with Gasteiger partial charge in [-0.05, 0) is 12.1 Å². The van der Waals surface area contributed by atoms with Crippen molar-refractivity contribution in [2.24, 2.45) is 0 Å². The fourth-order valence-corrected chi connectivity index (χ4v) is 5.53. The maximum absolute atomic E-state index is 6.77. The fourth-order valence-electron chi connectivity index (χ4n) is 2.92. The summed E-state index contributed by atoms with van der Waals surface area (Å²) in [6.07, 6.45) is 0. The van der Waals surface area contributed by atoms with Crippen LogP contribution in [0.25, 0.3) is 41.0 Å². The Morgan fingerprint density at radius 2 is 1.61 bits per heavy atom. The first kappa shape index (κ1) is 13.5. The SMILES string of the molecule is Clc1c2sc(-c3ccccc3)nc2cc2sc3ccccc3c12. The molecule has 5 aromatic rings. The second kappa shape index (κ2) is 5.03. The van der Waals surface area contributed by atoms with Crippen molar-refractivity contribution in [1.82, 2.24) is 4.98 Å². The van der Waals surface area contributed by atoms with Gasteiger partial charge >= 0.3 is 0 Å². The van der Waals surface area contributed by atoms with E-state index in [9.17, 15) is 0 Å². The van der Waals surface area contributed by atoms with E-state index >= 15 is 0 Å². The Hall–Kier alpha value is -1.94. The molecule has 0 radical (unpaired) electrons. The zero-order valence-corrected chi connectivity index (χ0v) is 14.3. The van der Waals surface area contributed by atoms with Crippen LogP contribution in [0, 0.1) is 0 Å². The van der Waals surface area contributed by atoms with Crippen LogP contribution in [0.5, 0.6) is 0 Å². The normalized spacial score (nSPS) is 11.7. The summed E-state index contributed by atoms with van der Waals surface area (Å²) >= 11 is 10.2. The molecule has 1 nitrogen and oxygen atoms in total. The van der Waals surface area contributed by atoms with Crippen LogP contribution in [0.3, 0.4) is 0 Å². The third-order valence-corrected chi connectivity index (χ3v) is 6.73. The van der Waals surface area contributed by atoms with Crippen molar-refractivity contribution in [3.63, 3.8) is 0 Å². The number of halogens is 1. The molecule has 0 saturated heterocycles. The molecule has 3 aromatic carbocycles. The molecule has 2 aromatic heterocycles. The van der Waals surface area contributed by atoms with E-state index in [0.29, 0.717) is 0 Å². The highest BCUT2D eigenvalue weighted by Crippen LogP contribution is 2.44. The Kier molecular flexibility index (Phi) is 2.95. The van der Waals surface area contributed by atoms with Crippen LogP contribution < -0.4 is 0 Å². The number of thiazole rings is 1. The lowest BCUT2D eigenvalue weighted by atomic mass is 10.1. The largest absolute Gasteiger partial charge is 0.236 e. The van der Waals surface area contributed by atoms with Crippen molar-refractivity contribution in [2.75, 3.05) is 0 Å². The Balaban J connectivity index is 1.87. The number of rotatable bonds is 1. The molecule has 0 saturated carbocycles. The number of hydrogen-bond acceptors (Lipinski definition) is 3. The molecule has 0 unspecified atom stereocenters. The zero-order chi connectivity index (χ0) is 15.4. The van der Waals surface area contributed by atoms with E-state index in [1.54, 1.807) is 22.7 Å². The monoisotopic (exact) mass is 351 g/mol. The van der Waals surface area contributed by atoms with Gasteiger partial charge in [0.05, 0.1) is 15.2 Å². The molecule has 23 heavy (non-hydrogen) atoms. The minimum Gasteiger partial charge on any atom is -0.236 e. The van der Waals surface area contributed by atoms with Gasteiger partial charge in [0.15, 0.2) is 0 Å². The highest BCUT2D eigenvalue weighted by Gasteiger charge is 2.15. The summed E-state index contributed by atoms with van der Waals surface area (Å²) in [5.41, 5.74) is 2.12. The van der Waals surface area contributed by atoms with E-state index in [2.05, 4.69) is 42.5 Å². The second-order valence-corrected chi connectivity index (χ2v) is 7.86. The number of aromatic nitrogens is 1. The first-order valence-electron chi connectivity index (χ1n) is 7.27. The van der Waals surface area contributed by atoms with E-state index in [1.165, 1.54) is 14.8 Å². The van der Waals surface area contributed by atoms with Crippen LogP contribution in [0.1, 0.15) is 0 Å². The van der Waals surface area contributed by atoms with Crippen molar-refractivity contribution in [2.45, 2.75) is 0 Å². The van der Waals surface area contributed by atoms with Gasteiger partial charge in [0.25, 0.3) is 0 Å². The average molecular weight is 352 g/mol. The van der Waals surface area contributed by atoms with Crippen molar-refractivity contribution in [3.05, 3.63) is 65.7 Å². The first-order chi connectivity index (χ1) is 11.3.